The van der Waals surface area contributed by atoms with Gasteiger partial charge in [0.25, 0.3) is 0 Å². The van der Waals surface area contributed by atoms with Gasteiger partial charge in [-0.1, -0.05) is 6.92 Å². The molecule has 1 fully saturated rings. The van der Waals surface area contributed by atoms with E-state index in [1.54, 1.807) is 12.3 Å². The highest BCUT2D eigenvalue weighted by atomic mass is 32.2. The first kappa shape index (κ1) is 15.5. The van der Waals surface area contributed by atoms with Gasteiger partial charge in [-0.05, 0) is 45.7 Å². The van der Waals surface area contributed by atoms with Gasteiger partial charge in [0.15, 0.2) is 0 Å². The molecule has 0 saturated heterocycles. The molecule has 114 valence electrons. The van der Waals surface area contributed by atoms with Gasteiger partial charge in [0, 0.05) is 30.5 Å². The van der Waals surface area contributed by atoms with Crippen molar-refractivity contribution in [2.24, 2.45) is 0 Å². The molecule has 0 spiro atoms. The molecule has 20 heavy (non-hydrogen) atoms. The number of aromatic nitrogens is 1. The monoisotopic (exact) mass is 299 g/mol. The van der Waals surface area contributed by atoms with Crippen molar-refractivity contribution in [2.75, 3.05) is 6.54 Å². The second-order valence-electron chi connectivity index (χ2n) is 5.74. The van der Waals surface area contributed by atoms with E-state index in [9.17, 15) is 8.42 Å². The fraction of sp³-hybridized carbons (Fsp3) is 0.714. The lowest BCUT2D eigenvalue weighted by Crippen LogP contribution is -2.25. The largest absolute Gasteiger partial charge is 0.346 e. The fourth-order valence-corrected chi connectivity index (χ4v) is 3.50. The summed E-state index contributed by atoms with van der Waals surface area (Å²) in [5.41, 5.74) is 1.02. The number of rotatable bonds is 8. The van der Waals surface area contributed by atoms with Gasteiger partial charge in [-0.3, -0.25) is 0 Å². The number of sulfonamides is 1. The lowest BCUT2D eigenvalue weighted by molar-refractivity contribution is 0.549. The molecule has 1 aliphatic rings. The van der Waals surface area contributed by atoms with E-state index in [1.165, 1.54) is 0 Å². The Morgan fingerprint density at radius 3 is 2.65 bits per heavy atom. The third kappa shape index (κ3) is 3.84. The van der Waals surface area contributed by atoms with Crippen molar-refractivity contribution >= 4 is 10.0 Å². The maximum absolute atomic E-state index is 12.3. The standard InChI is InChI=1S/C14H25N3O2S/c1-4-7-15-9-13-8-14(10-17(13)11(2)3)20(18,19)16-12-5-6-12/h8,10-12,15-16H,4-7,9H2,1-3H3. The number of hydrogen-bond donors (Lipinski definition) is 2. The minimum Gasteiger partial charge on any atom is -0.346 e. The molecular formula is C14H25N3O2S. The fourth-order valence-electron chi connectivity index (χ4n) is 2.15. The van der Waals surface area contributed by atoms with Gasteiger partial charge in [-0.15, -0.1) is 0 Å². The normalized spacial score (nSPS) is 16.0. The van der Waals surface area contributed by atoms with Crippen LogP contribution in [-0.4, -0.2) is 25.6 Å². The third-order valence-electron chi connectivity index (χ3n) is 3.41. The van der Waals surface area contributed by atoms with Crippen molar-refractivity contribution in [2.45, 2.75) is 63.6 Å². The zero-order valence-corrected chi connectivity index (χ0v) is 13.3. The van der Waals surface area contributed by atoms with E-state index in [1.807, 2.05) is 4.57 Å². The van der Waals surface area contributed by atoms with Crippen molar-refractivity contribution in [1.82, 2.24) is 14.6 Å². The highest BCUT2D eigenvalue weighted by Gasteiger charge is 2.29. The second-order valence-corrected chi connectivity index (χ2v) is 7.45. The quantitative estimate of drug-likeness (QED) is 0.722. The molecule has 1 aromatic heterocycles. The van der Waals surface area contributed by atoms with Crippen molar-refractivity contribution in [3.05, 3.63) is 18.0 Å². The van der Waals surface area contributed by atoms with Gasteiger partial charge in [-0.2, -0.15) is 0 Å². The SMILES string of the molecule is CCCNCc1cc(S(=O)(=O)NC2CC2)cn1C(C)C. The van der Waals surface area contributed by atoms with E-state index in [2.05, 4.69) is 30.8 Å². The molecule has 0 bridgehead atoms. The Morgan fingerprint density at radius 2 is 2.10 bits per heavy atom. The van der Waals surface area contributed by atoms with Crippen molar-refractivity contribution < 1.29 is 8.42 Å². The van der Waals surface area contributed by atoms with Crippen LogP contribution in [0.1, 0.15) is 51.8 Å². The minimum absolute atomic E-state index is 0.143. The average Bonchev–Trinajstić information content (AvgIpc) is 3.05. The van der Waals surface area contributed by atoms with Crippen LogP contribution in [0, 0.1) is 0 Å². The maximum atomic E-state index is 12.3. The molecule has 0 atom stereocenters. The Labute approximate surface area is 121 Å². The molecule has 2 rings (SSSR count). The number of hydrogen-bond acceptors (Lipinski definition) is 3. The van der Waals surface area contributed by atoms with Crippen LogP contribution in [0.4, 0.5) is 0 Å². The van der Waals surface area contributed by atoms with Crippen LogP contribution in [0.5, 0.6) is 0 Å². The summed E-state index contributed by atoms with van der Waals surface area (Å²) in [6, 6.07) is 2.18. The zero-order chi connectivity index (χ0) is 14.8. The predicted molar refractivity (Wildman–Crippen MR) is 80.2 cm³/mol. The van der Waals surface area contributed by atoms with Crippen LogP contribution in [0.15, 0.2) is 17.2 Å². The summed E-state index contributed by atoms with van der Waals surface area (Å²) >= 11 is 0. The van der Waals surface area contributed by atoms with E-state index in [0.29, 0.717) is 11.4 Å². The van der Waals surface area contributed by atoms with Crippen LogP contribution < -0.4 is 10.0 Å². The maximum Gasteiger partial charge on any atom is 0.242 e. The van der Waals surface area contributed by atoms with Crippen LogP contribution in [0.25, 0.3) is 0 Å². The first-order chi connectivity index (χ1) is 9.44. The Bertz CT molecular complexity index is 545. The van der Waals surface area contributed by atoms with Gasteiger partial charge >= 0.3 is 0 Å². The summed E-state index contributed by atoms with van der Waals surface area (Å²) in [5.74, 6) is 0. The molecule has 2 N–H and O–H groups in total. The first-order valence-corrected chi connectivity index (χ1v) is 8.86. The number of nitrogens with one attached hydrogen (secondary N) is 2. The Hall–Kier alpha value is -0.850. The van der Waals surface area contributed by atoms with Crippen LogP contribution in [0.3, 0.4) is 0 Å². The van der Waals surface area contributed by atoms with Crippen molar-refractivity contribution in [3.63, 3.8) is 0 Å². The smallest absolute Gasteiger partial charge is 0.242 e. The average molecular weight is 299 g/mol. The molecule has 1 aliphatic carbocycles. The molecule has 0 amide bonds. The first-order valence-electron chi connectivity index (χ1n) is 7.38. The third-order valence-corrected chi connectivity index (χ3v) is 4.89. The summed E-state index contributed by atoms with van der Waals surface area (Å²) in [5, 5.41) is 3.33. The van der Waals surface area contributed by atoms with E-state index in [0.717, 1.165) is 31.5 Å². The summed E-state index contributed by atoms with van der Waals surface area (Å²) in [4.78, 5) is 0.381. The predicted octanol–water partition coefficient (Wildman–Crippen LogP) is 2.01. The topological polar surface area (TPSA) is 63.1 Å². The number of nitrogens with zero attached hydrogens (tertiary/aromatic N) is 1. The Morgan fingerprint density at radius 1 is 1.40 bits per heavy atom. The van der Waals surface area contributed by atoms with Gasteiger partial charge < -0.3 is 9.88 Å². The summed E-state index contributed by atoms with van der Waals surface area (Å²) in [6.07, 6.45) is 4.72. The van der Waals surface area contributed by atoms with Crippen LogP contribution in [-0.2, 0) is 16.6 Å². The van der Waals surface area contributed by atoms with E-state index in [4.69, 9.17) is 0 Å². The molecule has 1 heterocycles. The van der Waals surface area contributed by atoms with Gasteiger partial charge in [0.1, 0.15) is 0 Å². The summed E-state index contributed by atoms with van der Waals surface area (Å²) in [6.45, 7) is 7.88. The molecule has 0 aliphatic heterocycles. The summed E-state index contributed by atoms with van der Waals surface area (Å²) in [7, 11) is -3.36. The van der Waals surface area contributed by atoms with E-state index < -0.39 is 10.0 Å². The van der Waals surface area contributed by atoms with Gasteiger partial charge in [0.05, 0.1) is 4.90 Å². The molecule has 6 heteroatoms. The lowest BCUT2D eigenvalue weighted by atomic mass is 10.3. The van der Waals surface area contributed by atoms with Crippen LogP contribution >= 0.6 is 0 Å². The Balaban J connectivity index is 2.19. The minimum atomic E-state index is -3.36. The Kier molecular flexibility index (Phi) is 4.88. The second kappa shape index (κ2) is 6.28. The molecule has 1 saturated carbocycles. The zero-order valence-electron chi connectivity index (χ0n) is 12.5. The van der Waals surface area contributed by atoms with E-state index in [-0.39, 0.29) is 12.1 Å². The lowest BCUT2D eigenvalue weighted by Gasteiger charge is -2.13. The molecule has 5 nitrogen and oxygen atoms in total. The van der Waals surface area contributed by atoms with E-state index >= 15 is 0 Å². The molecule has 1 aromatic rings. The van der Waals surface area contributed by atoms with Gasteiger partial charge in [0.2, 0.25) is 10.0 Å². The van der Waals surface area contributed by atoms with Crippen molar-refractivity contribution in [1.29, 1.82) is 0 Å². The molecule has 0 unspecified atom stereocenters. The molecule has 0 aromatic carbocycles. The van der Waals surface area contributed by atoms with Crippen LogP contribution in [0.2, 0.25) is 0 Å². The molecular weight excluding hydrogens is 274 g/mol. The highest BCUT2D eigenvalue weighted by Crippen LogP contribution is 2.24. The van der Waals surface area contributed by atoms with Gasteiger partial charge in [-0.25, -0.2) is 13.1 Å². The van der Waals surface area contributed by atoms with Crippen molar-refractivity contribution in [3.8, 4) is 0 Å². The summed E-state index contributed by atoms with van der Waals surface area (Å²) < 4.78 is 29.3. The highest BCUT2D eigenvalue weighted by molar-refractivity contribution is 7.89. The molecule has 0 radical (unpaired) electrons.